The second-order valence-electron chi connectivity index (χ2n) is 12.2. The Labute approximate surface area is 249 Å². The van der Waals surface area contributed by atoms with Crippen molar-refractivity contribution in [2.45, 2.75) is 200 Å². The maximum absolute atomic E-state index is 12.3. The number of carbonyl (C=O) groups is 2. The van der Waals surface area contributed by atoms with Crippen molar-refractivity contribution in [1.82, 2.24) is 10.6 Å². The summed E-state index contributed by atoms with van der Waals surface area (Å²) in [5.74, 6) is -0.398. The van der Waals surface area contributed by atoms with Gasteiger partial charge >= 0.3 is 0 Å². The summed E-state index contributed by atoms with van der Waals surface area (Å²) in [6.45, 7) is 4.79. The van der Waals surface area contributed by atoms with E-state index in [1.807, 2.05) is 0 Å². The van der Waals surface area contributed by atoms with Gasteiger partial charge in [0.15, 0.2) is 0 Å². The van der Waals surface area contributed by atoms with Gasteiger partial charge in [0.05, 0.1) is 6.61 Å². The van der Waals surface area contributed by atoms with Crippen molar-refractivity contribution >= 4 is 11.8 Å². The minimum atomic E-state index is -0.832. The first-order valence-corrected chi connectivity index (χ1v) is 17.8. The van der Waals surface area contributed by atoms with Crippen LogP contribution in [0, 0.1) is 0 Å². The molecule has 0 aromatic carbocycles. The molecule has 0 radical (unpaired) electrons. The fourth-order valence-corrected chi connectivity index (χ4v) is 5.42. The van der Waals surface area contributed by atoms with E-state index in [1.54, 1.807) is 0 Å². The van der Waals surface area contributed by atoms with E-state index in [0.29, 0.717) is 13.0 Å². The summed E-state index contributed by atoms with van der Waals surface area (Å²) in [5, 5.41) is 15.2. The molecule has 3 N–H and O–H groups in total. The van der Waals surface area contributed by atoms with Gasteiger partial charge in [0.2, 0.25) is 11.8 Å². The van der Waals surface area contributed by atoms with Crippen molar-refractivity contribution in [3.63, 3.8) is 0 Å². The molecule has 0 aliphatic heterocycles. The van der Waals surface area contributed by atoms with Crippen LogP contribution in [0.25, 0.3) is 0 Å². The molecular weight excluding hydrogens is 496 g/mol. The first-order chi connectivity index (χ1) is 19.7. The summed E-state index contributed by atoms with van der Waals surface area (Å²) in [7, 11) is 0. The standard InChI is InChI=1S/C35H70N2O3/c1-3-5-7-9-11-13-15-17-18-19-20-22-24-26-28-30-34(39)37-33(32-38)35(40)36-31-29-27-25-23-21-16-14-12-10-8-6-4-2/h33,38H,3-32H2,1-2H3,(H,36,40)(H,37,39)/t33-/m0/s1. The van der Waals surface area contributed by atoms with Gasteiger partial charge in [-0.25, -0.2) is 0 Å². The molecule has 40 heavy (non-hydrogen) atoms. The number of hydrogen-bond acceptors (Lipinski definition) is 3. The lowest BCUT2D eigenvalue weighted by atomic mass is 10.0. The van der Waals surface area contributed by atoms with E-state index >= 15 is 0 Å². The first-order valence-electron chi connectivity index (χ1n) is 17.8. The molecular formula is C35H70N2O3. The second kappa shape index (κ2) is 32.4. The van der Waals surface area contributed by atoms with Crippen LogP contribution in [-0.2, 0) is 9.59 Å². The summed E-state index contributed by atoms with van der Waals surface area (Å²) >= 11 is 0. The maximum atomic E-state index is 12.3. The fourth-order valence-electron chi connectivity index (χ4n) is 5.42. The first kappa shape index (κ1) is 38.9. The molecule has 0 saturated carbocycles. The zero-order valence-electron chi connectivity index (χ0n) is 27.1. The van der Waals surface area contributed by atoms with Crippen LogP contribution in [0.5, 0.6) is 0 Å². The zero-order valence-corrected chi connectivity index (χ0v) is 27.1. The van der Waals surface area contributed by atoms with Crippen LogP contribution >= 0.6 is 0 Å². The van der Waals surface area contributed by atoms with Crippen molar-refractivity contribution in [1.29, 1.82) is 0 Å². The minimum absolute atomic E-state index is 0.130. The number of aliphatic hydroxyl groups is 1. The Hall–Kier alpha value is -1.10. The molecule has 0 bridgehead atoms. The minimum Gasteiger partial charge on any atom is -0.394 e. The number of rotatable bonds is 32. The predicted octanol–water partition coefficient (Wildman–Crippen LogP) is 9.54. The maximum Gasteiger partial charge on any atom is 0.244 e. The Morgan fingerprint density at radius 1 is 0.500 bits per heavy atom. The summed E-state index contributed by atoms with van der Waals surface area (Å²) in [5.41, 5.74) is 0. The highest BCUT2D eigenvalue weighted by Gasteiger charge is 2.19. The molecule has 2 amide bonds. The van der Waals surface area contributed by atoms with E-state index < -0.39 is 6.04 Å². The van der Waals surface area contributed by atoms with Crippen LogP contribution in [-0.4, -0.2) is 36.1 Å². The molecule has 0 aliphatic rings. The molecule has 0 fully saturated rings. The predicted molar refractivity (Wildman–Crippen MR) is 173 cm³/mol. The highest BCUT2D eigenvalue weighted by Crippen LogP contribution is 2.14. The van der Waals surface area contributed by atoms with Crippen molar-refractivity contribution < 1.29 is 14.7 Å². The number of carbonyl (C=O) groups excluding carboxylic acids is 2. The van der Waals surface area contributed by atoms with Gasteiger partial charge < -0.3 is 15.7 Å². The summed E-state index contributed by atoms with van der Waals surface area (Å²) < 4.78 is 0. The van der Waals surface area contributed by atoms with Crippen LogP contribution in [0.1, 0.15) is 194 Å². The van der Waals surface area contributed by atoms with E-state index in [4.69, 9.17) is 0 Å². The molecule has 1 atom stereocenters. The van der Waals surface area contributed by atoms with E-state index in [2.05, 4.69) is 24.5 Å². The van der Waals surface area contributed by atoms with E-state index in [-0.39, 0.29) is 18.4 Å². The van der Waals surface area contributed by atoms with Gasteiger partial charge in [-0.05, 0) is 12.8 Å². The Kier molecular flexibility index (Phi) is 31.5. The quantitative estimate of drug-likeness (QED) is 0.0709. The van der Waals surface area contributed by atoms with Gasteiger partial charge in [-0.1, -0.05) is 174 Å². The third-order valence-electron chi connectivity index (χ3n) is 8.17. The molecule has 5 nitrogen and oxygen atoms in total. The Bertz CT molecular complexity index is 541. The lowest BCUT2D eigenvalue weighted by Crippen LogP contribution is -2.49. The Morgan fingerprint density at radius 2 is 0.825 bits per heavy atom. The molecule has 0 unspecified atom stereocenters. The number of hydrogen-bond donors (Lipinski definition) is 3. The lowest BCUT2D eigenvalue weighted by molar-refractivity contribution is -0.130. The Balaban J connectivity index is 3.53. The molecule has 0 heterocycles. The highest BCUT2D eigenvalue weighted by molar-refractivity contribution is 5.87. The van der Waals surface area contributed by atoms with Crippen LogP contribution in [0.4, 0.5) is 0 Å². The third-order valence-corrected chi connectivity index (χ3v) is 8.17. The number of nitrogens with one attached hydrogen (secondary N) is 2. The van der Waals surface area contributed by atoms with Crippen LogP contribution in [0.15, 0.2) is 0 Å². The molecule has 0 aliphatic carbocycles. The van der Waals surface area contributed by atoms with Crippen molar-refractivity contribution in [2.24, 2.45) is 0 Å². The highest BCUT2D eigenvalue weighted by atomic mass is 16.3. The molecule has 0 aromatic rings. The molecule has 0 rings (SSSR count). The van der Waals surface area contributed by atoms with Crippen molar-refractivity contribution in [3.8, 4) is 0 Å². The van der Waals surface area contributed by atoms with Crippen molar-refractivity contribution in [2.75, 3.05) is 13.2 Å². The summed E-state index contributed by atoms with van der Waals surface area (Å²) in [6.07, 6.45) is 35.4. The van der Waals surface area contributed by atoms with Gasteiger partial charge in [-0.15, -0.1) is 0 Å². The van der Waals surface area contributed by atoms with E-state index in [0.717, 1.165) is 25.7 Å². The molecule has 0 aromatic heterocycles. The van der Waals surface area contributed by atoms with Crippen LogP contribution in [0.3, 0.4) is 0 Å². The van der Waals surface area contributed by atoms with Crippen LogP contribution < -0.4 is 10.6 Å². The molecule has 0 saturated heterocycles. The molecule has 0 spiro atoms. The van der Waals surface area contributed by atoms with Gasteiger partial charge in [-0.2, -0.15) is 0 Å². The van der Waals surface area contributed by atoms with Gasteiger partial charge in [0.1, 0.15) is 6.04 Å². The topological polar surface area (TPSA) is 78.4 Å². The van der Waals surface area contributed by atoms with E-state index in [9.17, 15) is 14.7 Å². The molecule has 238 valence electrons. The number of amides is 2. The fraction of sp³-hybridized carbons (Fsp3) is 0.943. The van der Waals surface area contributed by atoms with Gasteiger partial charge in [0.25, 0.3) is 0 Å². The largest absolute Gasteiger partial charge is 0.394 e. The number of unbranched alkanes of at least 4 members (excludes halogenated alkanes) is 25. The monoisotopic (exact) mass is 567 g/mol. The average Bonchev–Trinajstić information content (AvgIpc) is 2.96. The van der Waals surface area contributed by atoms with Gasteiger partial charge in [-0.3, -0.25) is 9.59 Å². The van der Waals surface area contributed by atoms with Crippen molar-refractivity contribution in [3.05, 3.63) is 0 Å². The number of aliphatic hydroxyl groups excluding tert-OH is 1. The van der Waals surface area contributed by atoms with Crippen LogP contribution in [0.2, 0.25) is 0 Å². The normalized spacial score (nSPS) is 12.0. The lowest BCUT2D eigenvalue weighted by Gasteiger charge is -2.16. The average molecular weight is 567 g/mol. The van der Waals surface area contributed by atoms with E-state index in [1.165, 1.54) is 148 Å². The third kappa shape index (κ3) is 28.4. The molecule has 5 heteroatoms. The summed E-state index contributed by atoms with van der Waals surface area (Å²) in [6, 6.07) is -0.832. The Morgan fingerprint density at radius 3 is 1.18 bits per heavy atom. The SMILES string of the molecule is CCCCCCCCCCCCCCCCCC(=O)N[C@@H](CO)C(=O)NCCCCCCCCCCCCCC. The zero-order chi connectivity index (χ0) is 29.4. The second-order valence-corrected chi connectivity index (χ2v) is 12.2. The smallest absolute Gasteiger partial charge is 0.244 e. The van der Waals surface area contributed by atoms with Gasteiger partial charge in [0, 0.05) is 13.0 Å². The summed E-state index contributed by atoms with van der Waals surface area (Å²) in [4.78, 5) is 24.6.